The van der Waals surface area contributed by atoms with E-state index in [1.165, 1.54) is 0 Å². The number of hydrogen-bond acceptors (Lipinski definition) is 5. The average Bonchev–Trinajstić information content (AvgIpc) is 2.26. The van der Waals surface area contributed by atoms with Gasteiger partial charge in [-0.1, -0.05) is 5.75 Å². The molecule has 0 aromatic carbocycles. The quantitative estimate of drug-likeness (QED) is 0.450. The molecule has 0 aliphatic heterocycles. The molecule has 1 heterocycles. The number of aromatic amines is 1. The highest BCUT2D eigenvalue weighted by Gasteiger charge is 2.09. The largest absolute Gasteiger partial charge is 0.872 e. The maximum atomic E-state index is 11.4. The summed E-state index contributed by atoms with van der Waals surface area (Å²) in [6.07, 6.45) is 1.26. The topological polar surface area (TPSA) is 148 Å². The van der Waals surface area contributed by atoms with Crippen LogP contribution in [0.2, 0.25) is 0 Å². The number of pyridine rings is 1. The minimum absolute atomic E-state index is 0.519. The smallest absolute Gasteiger partial charge is 0.376 e. The van der Waals surface area contributed by atoms with Crippen LogP contribution in [0.15, 0.2) is 16.9 Å². The Hall–Kier alpha value is -2.90. The van der Waals surface area contributed by atoms with E-state index in [4.69, 9.17) is 10.2 Å². The maximum Gasteiger partial charge on any atom is 0.376 e. The lowest BCUT2D eigenvalue weighted by atomic mass is 10.2. The number of hydrogen-bond donors (Lipinski definition) is 3. The molecule has 8 heteroatoms. The van der Waals surface area contributed by atoms with Gasteiger partial charge in [0.2, 0.25) is 0 Å². The van der Waals surface area contributed by atoms with Crippen molar-refractivity contribution in [2.24, 2.45) is 0 Å². The molecule has 0 unspecified atom stereocenters. The van der Waals surface area contributed by atoms with E-state index in [9.17, 15) is 24.3 Å². The van der Waals surface area contributed by atoms with Crippen molar-refractivity contribution in [1.29, 1.82) is 0 Å². The fourth-order valence-electron chi connectivity index (χ4n) is 1.05. The summed E-state index contributed by atoms with van der Waals surface area (Å²) < 4.78 is 0. The van der Waals surface area contributed by atoms with Gasteiger partial charge in [0.05, 0.1) is 0 Å². The van der Waals surface area contributed by atoms with Crippen molar-refractivity contribution < 1.29 is 29.7 Å². The number of aromatic nitrogens is 1. The SMILES string of the molecule is O=C(O)C(=O)/C=C/c1c([O-])cc(C(=O)O)[nH]c1=O. The summed E-state index contributed by atoms with van der Waals surface area (Å²) in [5.74, 6) is -5.46. The number of carbonyl (C=O) groups excluding carboxylic acids is 1. The summed E-state index contributed by atoms with van der Waals surface area (Å²) in [7, 11) is 0. The summed E-state index contributed by atoms with van der Waals surface area (Å²) in [6.45, 7) is 0. The first kappa shape index (κ1) is 13.2. The van der Waals surface area contributed by atoms with Gasteiger partial charge in [-0.3, -0.25) is 9.59 Å². The van der Waals surface area contributed by atoms with E-state index < -0.39 is 40.3 Å². The van der Waals surface area contributed by atoms with Gasteiger partial charge in [-0.15, -0.1) is 0 Å². The molecule has 0 aliphatic carbocycles. The second-order valence-electron chi connectivity index (χ2n) is 3.10. The molecule has 0 fully saturated rings. The van der Waals surface area contributed by atoms with Crippen molar-refractivity contribution in [2.45, 2.75) is 0 Å². The van der Waals surface area contributed by atoms with Crippen LogP contribution in [0, 0.1) is 0 Å². The summed E-state index contributed by atoms with van der Waals surface area (Å²) in [5, 5.41) is 28.2. The zero-order valence-electron chi connectivity index (χ0n) is 8.67. The van der Waals surface area contributed by atoms with Crippen LogP contribution >= 0.6 is 0 Å². The molecule has 0 radical (unpaired) electrons. The Morgan fingerprint density at radius 2 is 1.89 bits per heavy atom. The molecule has 0 saturated carbocycles. The minimum Gasteiger partial charge on any atom is -0.872 e. The lowest BCUT2D eigenvalue weighted by Gasteiger charge is -2.09. The summed E-state index contributed by atoms with van der Waals surface area (Å²) in [5.41, 5.74) is -2.13. The van der Waals surface area contributed by atoms with Crippen molar-refractivity contribution in [2.75, 3.05) is 0 Å². The maximum absolute atomic E-state index is 11.4. The number of nitrogens with one attached hydrogen (secondary N) is 1. The number of carbonyl (C=O) groups is 3. The third kappa shape index (κ3) is 2.82. The Morgan fingerprint density at radius 1 is 1.28 bits per heavy atom. The predicted octanol–water partition coefficient (Wildman–Crippen LogP) is -1.19. The van der Waals surface area contributed by atoms with E-state index >= 15 is 0 Å². The Kier molecular flexibility index (Phi) is 3.62. The lowest BCUT2D eigenvalue weighted by molar-refractivity contribution is -0.268. The third-order valence-corrected chi connectivity index (χ3v) is 1.88. The van der Waals surface area contributed by atoms with E-state index in [0.29, 0.717) is 12.1 Å². The molecule has 1 rings (SSSR count). The van der Waals surface area contributed by atoms with Crippen molar-refractivity contribution in [3.05, 3.63) is 33.8 Å². The second-order valence-corrected chi connectivity index (χ2v) is 3.10. The number of H-pyrrole nitrogens is 1. The molecule has 0 spiro atoms. The number of ketones is 1. The van der Waals surface area contributed by atoms with Crippen LogP contribution < -0.4 is 10.7 Å². The molecule has 3 N–H and O–H groups in total. The molecule has 0 atom stereocenters. The predicted molar refractivity (Wildman–Crippen MR) is 55.1 cm³/mol. The number of rotatable bonds is 4. The number of aliphatic carboxylic acids is 1. The Morgan fingerprint density at radius 3 is 2.33 bits per heavy atom. The Balaban J connectivity index is 3.20. The van der Waals surface area contributed by atoms with Gasteiger partial charge in [-0.05, 0) is 18.2 Å². The molecular formula is C10H6NO7-. The van der Waals surface area contributed by atoms with Gasteiger partial charge >= 0.3 is 11.9 Å². The standard InChI is InChI=1S/C10H7NO7/c12-6(10(17)18)2-1-4-7(13)3-5(9(15)16)11-8(4)14/h1-3H,(H,15,16)(H,17,18)(H2,11,13,14)/p-1/b2-1+. The van der Waals surface area contributed by atoms with Gasteiger partial charge in [0.25, 0.3) is 11.3 Å². The van der Waals surface area contributed by atoms with Gasteiger partial charge < -0.3 is 20.3 Å². The fraction of sp³-hybridized carbons (Fsp3) is 0. The number of carboxylic acids is 2. The molecule has 94 valence electrons. The van der Waals surface area contributed by atoms with Gasteiger partial charge in [0.15, 0.2) is 0 Å². The molecule has 1 aromatic rings. The van der Waals surface area contributed by atoms with Crippen LogP contribution in [0.5, 0.6) is 5.75 Å². The van der Waals surface area contributed by atoms with Crippen LogP contribution in [-0.4, -0.2) is 32.9 Å². The lowest BCUT2D eigenvalue weighted by Crippen LogP contribution is -2.18. The van der Waals surface area contributed by atoms with Crippen LogP contribution in [-0.2, 0) is 9.59 Å². The second kappa shape index (κ2) is 4.95. The van der Waals surface area contributed by atoms with Crippen LogP contribution in [0.1, 0.15) is 16.1 Å². The fourth-order valence-corrected chi connectivity index (χ4v) is 1.05. The van der Waals surface area contributed by atoms with Crippen molar-refractivity contribution in [3.8, 4) is 5.75 Å². The zero-order chi connectivity index (χ0) is 13.9. The highest BCUT2D eigenvalue weighted by molar-refractivity contribution is 6.38. The molecule has 0 aliphatic rings. The van der Waals surface area contributed by atoms with E-state index in [-0.39, 0.29) is 0 Å². The van der Waals surface area contributed by atoms with Crippen molar-refractivity contribution in [1.82, 2.24) is 4.98 Å². The molecule has 18 heavy (non-hydrogen) atoms. The van der Waals surface area contributed by atoms with Gasteiger partial charge in [0.1, 0.15) is 5.69 Å². The molecule has 0 bridgehead atoms. The zero-order valence-corrected chi connectivity index (χ0v) is 8.67. The van der Waals surface area contributed by atoms with E-state index in [1.807, 2.05) is 4.98 Å². The van der Waals surface area contributed by atoms with E-state index in [2.05, 4.69) is 0 Å². The van der Waals surface area contributed by atoms with Crippen LogP contribution in [0.4, 0.5) is 0 Å². The molecular weight excluding hydrogens is 246 g/mol. The van der Waals surface area contributed by atoms with Crippen molar-refractivity contribution >= 4 is 23.8 Å². The Bertz CT molecular complexity index is 611. The monoisotopic (exact) mass is 252 g/mol. The van der Waals surface area contributed by atoms with Gasteiger partial charge in [-0.2, -0.15) is 0 Å². The summed E-state index contributed by atoms with van der Waals surface area (Å²) in [4.78, 5) is 44.6. The minimum atomic E-state index is -1.74. The first-order chi connectivity index (χ1) is 8.32. The molecule has 0 amide bonds. The Labute approximate surface area is 98.8 Å². The molecule has 0 saturated heterocycles. The third-order valence-electron chi connectivity index (χ3n) is 1.88. The molecule has 8 nitrogen and oxygen atoms in total. The average molecular weight is 252 g/mol. The summed E-state index contributed by atoms with van der Waals surface area (Å²) >= 11 is 0. The number of carboxylic acid groups (broad SMARTS) is 2. The van der Waals surface area contributed by atoms with Crippen LogP contribution in [0.25, 0.3) is 6.08 Å². The highest BCUT2D eigenvalue weighted by atomic mass is 16.4. The van der Waals surface area contributed by atoms with E-state index in [1.54, 1.807) is 0 Å². The number of aromatic carboxylic acids is 1. The summed E-state index contributed by atoms with van der Waals surface area (Å²) in [6, 6.07) is 0.661. The van der Waals surface area contributed by atoms with Crippen molar-refractivity contribution in [3.63, 3.8) is 0 Å². The first-order valence-corrected chi connectivity index (χ1v) is 4.46. The van der Waals surface area contributed by atoms with Crippen LogP contribution in [0.3, 0.4) is 0 Å². The molecule has 1 aromatic heterocycles. The first-order valence-electron chi connectivity index (χ1n) is 4.46. The van der Waals surface area contributed by atoms with E-state index in [0.717, 1.165) is 6.08 Å². The van der Waals surface area contributed by atoms with Gasteiger partial charge in [0, 0.05) is 5.56 Å². The van der Waals surface area contributed by atoms with Gasteiger partial charge in [-0.25, -0.2) is 9.59 Å². The highest BCUT2D eigenvalue weighted by Crippen LogP contribution is 2.11. The normalized spacial score (nSPS) is 10.4.